The lowest BCUT2D eigenvalue weighted by Gasteiger charge is -2.17. The third kappa shape index (κ3) is 3.40. The minimum absolute atomic E-state index is 0.0201. The molecule has 0 fully saturated rings. The van der Waals surface area contributed by atoms with E-state index < -0.39 is 22.0 Å². The van der Waals surface area contributed by atoms with Crippen LogP contribution in [0, 0.1) is 0 Å². The number of amides is 1. The number of carbonyl (C=O) groups excluding carboxylic acids is 1. The third-order valence-corrected chi connectivity index (χ3v) is 4.57. The number of methoxy groups -OCH3 is 1. The minimum atomic E-state index is -3.65. The highest BCUT2D eigenvalue weighted by atomic mass is 32.2. The molecule has 8 heteroatoms. The molecule has 1 rings (SSSR count). The fraction of sp³-hybridized carbons (Fsp3) is 0.417. The van der Waals surface area contributed by atoms with E-state index in [2.05, 4.69) is 5.32 Å². The molecule has 0 heterocycles. The summed E-state index contributed by atoms with van der Waals surface area (Å²) in [5.74, 6) is -0.297. The molecule has 0 saturated carbocycles. The van der Waals surface area contributed by atoms with E-state index in [9.17, 15) is 13.2 Å². The number of nitrogens with one attached hydrogen (secondary N) is 1. The Morgan fingerprint density at radius 2 is 2.00 bits per heavy atom. The molecule has 3 N–H and O–H groups in total. The third-order valence-electron chi connectivity index (χ3n) is 2.73. The maximum Gasteiger partial charge on any atom is 0.246 e. The number of benzene rings is 1. The summed E-state index contributed by atoms with van der Waals surface area (Å²) in [5, 5.41) is 2.83. The Balaban J connectivity index is 3.26. The predicted octanol–water partition coefficient (Wildman–Crippen LogP) is 0.231. The van der Waals surface area contributed by atoms with Gasteiger partial charge in [-0.3, -0.25) is 4.79 Å². The van der Waals surface area contributed by atoms with Crippen molar-refractivity contribution in [2.45, 2.75) is 17.9 Å². The van der Waals surface area contributed by atoms with Gasteiger partial charge in [0.15, 0.2) is 0 Å². The van der Waals surface area contributed by atoms with Gasteiger partial charge in [0.2, 0.25) is 15.9 Å². The van der Waals surface area contributed by atoms with Gasteiger partial charge in [0.25, 0.3) is 0 Å². The van der Waals surface area contributed by atoms with Crippen molar-refractivity contribution in [3.05, 3.63) is 18.2 Å². The Morgan fingerprint density at radius 3 is 2.45 bits per heavy atom. The van der Waals surface area contributed by atoms with E-state index in [0.717, 1.165) is 4.31 Å². The normalized spacial score (nSPS) is 13.1. The van der Waals surface area contributed by atoms with E-state index in [-0.39, 0.29) is 10.6 Å². The lowest BCUT2D eigenvalue weighted by molar-refractivity contribution is -0.118. The molecular weight excluding hydrogens is 282 g/mol. The number of ether oxygens (including phenoxy) is 1. The lowest BCUT2D eigenvalue weighted by Crippen LogP contribution is -2.32. The lowest BCUT2D eigenvalue weighted by atomic mass is 10.2. The second-order valence-corrected chi connectivity index (χ2v) is 6.54. The molecule has 1 amide bonds. The minimum Gasteiger partial charge on any atom is -0.495 e. The molecule has 1 unspecified atom stereocenters. The SMILES string of the molecule is COc1ccc(NC(C)C(N)=O)cc1S(=O)(=O)N(C)C. The van der Waals surface area contributed by atoms with Gasteiger partial charge < -0.3 is 15.8 Å². The molecule has 0 aliphatic heterocycles. The monoisotopic (exact) mass is 301 g/mol. The summed E-state index contributed by atoms with van der Waals surface area (Å²) < 4.78 is 30.6. The van der Waals surface area contributed by atoms with Gasteiger partial charge in [-0.05, 0) is 25.1 Å². The van der Waals surface area contributed by atoms with Crippen LogP contribution in [0.25, 0.3) is 0 Å². The van der Waals surface area contributed by atoms with Crippen molar-refractivity contribution < 1.29 is 17.9 Å². The summed E-state index contributed by atoms with van der Waals surface area (Å²) in [6.07, 6.45) is 0. The smallest absolute Gasteiger partial charge is 0.246 e. The number of rotatable bonds is 6. The van der Waals surface area contributed by atoms with Crippen molar-refractivity contribution in [1.82, 2.24) is 4.31 Å². The maximum absolute atomic E-state index is 12.2. The molecule has 112 valence electrons. The molecule has 0 bridgehead atoms. The average Bonchev–Trinajstić information content (AvgIpc) is 2.38. The van der Waals surface area contributed by atoms with Gasteiger partial charge in [0.1, 0.15) is 16.7 Å². The van der Waals surface area contributed by atoms with Gasteiger partial charge in [0, 0.05) is 19.8 Å². The first-order valence-corrected chi connectivity index (χ1v) is 7.30. The number of hydrogen-bond donors (Lipinski definition) is 2. The quantitative estimate of drug-likeness (QED) is 0.783. The van der Waals surface area contributed by atoms with Crippen LogP contribution in [-0.4, -0.2) is 45.9 Å². The van der Waals surface area contributed by atoms with Gasteiger partial charge >= 0.3 is 0 Å². The summed E-state index contributed by atoms with van der Waals surface area (Å²) in [5.41, 5.74) is 5.63. The highest BCUT2D eigenvalue weighted by molar-refractivity contribution is 7.89. The number of nitrogens with two attached hydrogens (primary N) is 1. The highest BCUT2D eigenvalue weighted by Gasteiger charge is 2.23. The Morgan fingerprint density at radius 1 is 1.40 bits per heavy atom. The summed E-state index contributed by atoms with van der Waals surface area (Å²) >= 11 is 0. The van der Waals surface area contributed by atoms with Crippen LogP contribution in [0.5, 0.6) is 5.75 Å². The van der Waals surface area contributed by atoms with E-state index in [0.29, 0.717) is 5.69 Å². The van der Waals surface area contributed by atoms with Gasteiger partial charge in [-0.25, -0.2) is 12.7 Å². The number of anilines is 1. The average molecular weight is 301 g/mol. The Bertz CT molecular complexity index is 599. The maximum atomic E-state index is 12.2. The van der Waals surface area contributed by atoms with Crippen LogP contribution in [-0.2, 0) is 14.8 Å². The number of nitrogens with zero attached hydrogens (tertiary/aromatic N) is 1. The van der Waals surface area contributed by atoms with Gasteiger partial charge in [-0.15, -0.1) is 0 Å². The van der Waals surface area contributed by atoms with E-state index in [1.807, 2.05) is 0 Å². The molecule has 0 aromatic heterocycles. The highest BCUT2D eigenvalue weighted by Crippen LogP contribution is 2.29. The largest absolute Gasteiger partial charge is 0.495 e. The van der Waals surface area contributed by atoms with Crippen molar-refractivity contribution >= 4 is 21.6 Å². The molecule has 0 saturated heterocycles. The van der Waals surface area contributed by atoms with Crippen molar-refractivity contribution in [3.8, 4) is 5.75 Å². The van der Waals surface area contributed by atoms with Crippen LogP contribution in [0.4, 0.5) is 5.69 Å². The number of primary amides is 1. The molecule has 7 nitrogen and oxygen atoms in total. The zero-order chi connectivity index (χ0) is 15.5. The Labute approximate surface area is 118 Å². The van der Waals surface area contributed by atoms with Crippen LogP contribution in [0.1, 0.15) is 6.92 Å². The van der Waals surface area contributed by atoms with E-state index in [4.69, 9.17) is 10.5 Å². The van der Waals surface area contributed by atoms with Gasteiger partial charge in [-0.2, -0.15) is 0 Å². The first kappa shape index (κ1) is 16.3. The van der Waals surface area contributed by atoms with E-state index >= 15 is 0 Å². The van der Waals surface area contributed by atoms with Crippen molar-refractivity contribution in [3.63, 3.8) is 0 Å². The molecule has 1 aromatic rings. The first-order chi connectivity index (χ1) is 9.20. The fourth-order valence-corrected chi connectivity index (χ4v) is 2.56. The number of sulfonamides is 1. The second kappa shape index (κ2) is 6.10. The summed E-state index contributed by atoms with van der Waals surface area (Å²) in [7, 11) is 0.609. The second-order valence-electron chi connectivity index (χ2n) is 4.42. The molecule has 0 radical (unpaired) electrons. The molecule has 20 heavy (non-hydrogen) atoms. The number of hydrogen-bond acceptors (Lipinski definition) is 5. The van der Waals surface area contributed by atoms with Crippen LogP contribution in [0.3, 0.4) is 0 Å². The van der Waals surface area contributed by atoms with Crippen molar-refractivity contribution in [1.29, 1.82) is 0 Å². The van der Waals surface area contributed by atoms with Gasteiger partial charge in [-0.1, -0.05) is 0 Å². The summed E-state index contributed by atoms with van der Waals surface area (Å²) in [6.45, 7) is 1.59. The number of carbonyl (C=O) groups is 1. The zero-order valence-electron chi connectivity index (χ0n) is 11.9. The molecule has 1 atom stereocenters. The zero-order valence-corrected chi connectivity index (χ0v) is 12.7. The Kier molecular flexibility index (Phi) is 4.96. The Hall–Kier alpha value is -1.80. The molecule has 0 aliphatic carbocycles. The first-order valence-electron chi connectivity index (χ1n) is 5.86. The van der Waals surface area contributed by atoms with E-state index in [1.54, 1.807) is 13.0 Å². The molecule has 0 spiro atoms. The topological polar surface area (TPSA) is 102 Å². The molecule has 0 aliphatic rings. The summed E-state index contributed by atoms with van der Waals surface area (Å²) in [4.78, 5) is 11.0. The van der Waals surface area contributed by atoms with Crippen LogP contribution >= 0.6 is 0 Å². The summed E-state index contributed by atoms with van der Waals surface area (Å²) in [6, 6.07) is 3.94. The van der Waals surface area contributed by atoms with Crippen molar-refractivity contribution in [2.75, 3.05) is 26.5 Å². The van der Waals surface area contributed by atoms with Crippen LogP contribution in [0.15, 0.2) is 23.1 Å². The standard InChI is InChI=1S/C12H19N3O4S/c1-8(12(13)16)14-9-5-6-10(19-4)11(7-9)20(17,18)15(2)3/h5-8,14H,1-4H3,(H2,13,16). The van der Waals surface area contributed by atoms with E-state index in [1.165, 1.54) is 33.3 Å². The molecular formula is C12H19N3O4S. The van der Waals surface area contributed by atoms with Crippen molar-refractivity contribution in [2.24, 2.45) is 5.73 Å². The van der Waals surface area contributed by atoms with Gasteiger partial charge in [0.05, 0.1) is 7.11 Å². The molecule has 1 aromatic carbocycles. The predicted molar refractivity (Wildman–Crippen MR) is 76.1 cm³/mol. The fourth-order valence-electron chi connectivity index (χ4n) is 1.49. The van der Waals surface area contributed by atoms with Crippen LogP contribution in [0.2, 0.25) is 0 Å². The van der Waals surface area contributed by atoms with Crippen LogP contribution < -0.4 is 15.8 Å².